The molecule has 4 N–H and O–H groups in total. The predicted molar refractivity (Wildman–Crippen MR) is 85.4 cm³/mol. The quantitative estimate of drug-likeness (QED) is 0.729. The number of halogens is 1. The Morgan fingerprint density at radius 1 is 1.32 bits per heavy atom. The van der Waals surface area contributed by atoms with Crippen molar-refractivity contribution in [3.05, 3.63) is 29.6 Å². The minimum absolute atomic E-state index is 0.0676. The lowest BCUT2D eigenvalue weighted by Crippen LogP contribution is -2.08. The van der Waals surface area contributed by atoms with E-state index in [4.69, 9.17) is 10.8 Å². The van der Waals surface area contributed by atoms with Crippen molar-refractivity contribution in [3.63, 3.8) is 0 Å². The summed E-state index contributed by atoms with van der Waals surface area (Å²) >= 11 is 0. The van der Waals surface area contributed by atoms with Crippen LogP contribution in [-0.2, 0) is 0 Å². The van der Waals surface area contributed by atoms with Crippen molar-refractivity contribution in [1.29, 1.82) is 0 Å². The lowest BCUT2D eigenvalue weighted by Gasteiger charge is -2.11. The number of aliphatic hydroxyl groups excluding tert-OH is 1. The summed E-state index contributed by atoms with van der Waals surface area (Å²) < 4.78 is 14.4. The number of nitrogen functional groups attached to an aromatic ring is 1. The number of rotatable bonds is 5. The van der Waals surface area contributed by atoms with Gasteiger partial charge in [0.15, 0.2) is 0 Å². The zero-order valence-electron chi connectivity index (χ0n) is 11.9. The van der Waals surface area contributed by atoms with Gasteiger partial charge in [-0.05, 0) is 30.2 Å². The molecule has 1 aliphatic heterocycles. The number of allylic oxidation sites excluding steroid dienone is 1. The molecule has 0 aliphatic carbocycles. The van der Waals surface area contributed by atoms with Crippen LogP contribution < -0.4 is 11.1 Å². The maximum absolute atomic E-state index is 14.4. The number of aliphatic imine (C=N–C) groups is 1. The molecule has 0 unspecified atom stereocenters. The van der Waals surface area contributed by atoms with E-state index in [-0.39, 0.29) is 18.4 Å². The molecule has 22 heavy (non-hydrogen) atoms. The molecule has 0 bridgehead atoms. The molecule has 1 aliphatic rings. The maximum atomic E-state index is 14.4. The summed E-state index contributed by atoms with van der Waals surface area (Å²) in [6.45, 7) is 1.05. The van der Waals surface area contributed by atoms with Crippen LogP contribution in [0.5, 0.6) is 0 Å². The van der Waals surface area contributed by atoms with E-state index in [2.05, 4.69) is 20.3 Å². The predicted octanol–water partition coefficient (Wildman–Crippen LogP) is 1.61. The van der Waals surface area contributed by atoms with Crippen molar-refractivity contribution in [3.8, 4) is 0 Å². The summed E-state index contributed by atoms with van der Waals surface area (Å²) in [7, 11) is 0. The Bertz CT molecular complexity index is 772. The minimum atomic E-state index is -0.345. The van der Waals surface area contributed by atoms with Crippen molar-refractivity contribution in [2.75, 3.05) is 30.7 Å². The minimum Gasteiger partial charge on any atom is -0.396 e. The highest BCUT2D eigenvalue weighted by molar-refractivity contribution is 5.95. The van der Waals surface area contributed by atoms with Gasteiger partial charge in [0.25, 0.3) is 0 Å². The van der Waals surface area contributed by atoms with Crippen molar-refractivity contribution >= 4 is 34.5 Å². The van der Waals surface area contributed by atoms with E-state index in [9.17, 15) is 4.39 Å². The molecular formula is C15H16FN5O. The van der Waals surface area contributed by atoms with E-state index in [1.807, 2.05) is 0 Å². The SMILES string of the molecule is Nc1nc(NCCCO)c2cc(F)c(C3=CC=NC3)cc2n1. The molecule has 1 aromatic carbocycles. The number of aromatic nitrogens is 2. The van der Waals surface area contributed by atoms with Gasteiger partial charge >= 0.3 is 0 Å². The Balaban J connectivity index is 2.05. The molecule has 0 atom stereocenters. The molecule has 2 heterocycles. The van der Waals surface area contributed by atoms with Crippen LogP contribution in [0, 0.1) is 5.82 Å². The first kappa shape index (κ1) is 14.4. The molecule has 1 aromatic heterocycles. The molecule has 0 saturated heterocycles. The molecule has 0 amide bonds. The third kappa shape index (κ3) is 2.75. The number of hydrogen-bond acceptors (Lipinski definition) is 6. The second kappa shape index (κ2) is 6.07. The largest absolute Gasteiger partial charge is 0.396 e. The van der Waals surface area contributed by atoms with E-state index in [0.717, 1.165) is 5.57 Å². The topological polar surface area (TPSA) is 96.4 Å². The zero-order valence-corrected chi connectivity index (χ0v) is 11.9. The van der Waals surface area contributed by atoms with E-state index in [1.165, 1.54) is 6.07 Å². The smallest absolute Gasteiger partial charge is 0.222 e. The summed E-state index contributed by atoms with van der Waals surface area (Å²) in [5.74, 6) is 0.245. The highest BCUT2D eigenvalue weighted by Crippen LogP contribution is 2.28. The van der Waals surface area contributed by atoms with Crippen LogP contribution in [0.3, 0.4) is 0 Å². The lowest BCUT2D eigenvalue weighted by atomic mass is 10.0. The number of anilines is 2. The lowest BCUT2D eigenvalue weighted by molar-refractivity contribution is 0.292. The fourth-order valence-corrected chi connectivity index (χ4v) is 2.36. The monoisotopic (exact) mass is 301 g/mol. The number of fused-ring (bicyclic) bond motifs is 1. The van der Waals surface area contributed by atoms with Crippen LogP contribution >= 0.6 is 0 Å². The van der Waals surface area contributed by atoms with Gasteiger partial charge in [-0.2, -0.15) is 4.98 Å². The molecule has 7 heteroatoms. The number of hydrogen-bond donors (Lipinski definition) is 3. The Kier molecular flexibility index (Phi) is 3.97. The van der Waals surface area contributed by atoms with Crippen molar-refractivity contribution in [2.24, 2.45) is 4.99 Å². The number of nitrogens with zero attached hydrogens (tertiary/aromatic N) is 3. The van der Waals surface area contributed by atoms with Gasteiger partial charge in [0, 0.05) is 30.3 Å². The molecule has 0 spiro atoms. The Morgan fingerprint density at radius 3 is 2.91 bits per heavy atom. The number of benzene rings is 1. The van der Waals surface area contributed by atoms with Crippen molar-refractivity contribution in [2.45, 2.75) is 6.42 Å². The molecule has 0 radical (unpaired) electrons. The molecule has 0 saturated carbocycles. The summed E-state index contributed by atoms with van der Waals surface area (Å²) in [5, 5.41) is 12.4. The van der Waals surface area contributed by atoms with E-state index in [1.54, 1.807) is 18.4 Å². The van der Waals surface area contributed by atoms with Gasteiger partial charge in [-0.25, -0.2) is 9.37 Å². The van der Waals surface area contributed by atoms with Gasteiger partial charge in [0.05, 0.1) is 12.1 Å². The van der Waals surface area contributed by atoms with Gasteiger partial charge < -0.3 is 16.2 Å². The highest BCUT2D eigenvalue weighted by Gasteiger charge is 2.14. The molecule has 114 valence electrons. The van der Waals surface area contributed by atoms with Crippen molar-refractivity contribution in [1.82, 2.24) is 9.97 Å². The normalized spacial score (nSPS) is 13.6. The standard InChI is InChI=1S/C15H16FN5O/c16-12-6-11-13(7-10(12)9-2-4-18-8-9)20-15(17)21-14(11)19-3-1-5-22/h2,4,6-7,22H,1,3,5,8H2,(H3,17,19,20,21). The van der Waals surface area contributed by atoms with Crippen LogP contribution in [0.15, 0.2) is 23.2 Å². The summed E-state index contributed by atoms with van der Waals surface area (Å²) in [6, 6.07) is 3.07. The molecule has 0 fully saturated rings. The second-order valence-corrected chi connectivity index (χ2v) is 4.97. The highest BCUT2D eigenvalue weighted by atomic mass is 19.1. The first-order valence-electron chi connectivity index (χ1n) is 7.00. The second-order valence-electron chi connectivity index (χ2n) is 4.97. The van der Waals surface area contributed by atoms with Crippen LogP contribution in [0.4, 0.5) is 16.2 Å². The Hall–Kier alpha value is -2.54. The van der Waals surface area contributed by atoms with E-state index in [0.29, 0.717) is 41.8 Å². The molecule has 3 rings (SSSR count). The average Bonchev–Trinajstić information content (AvgIpc) is 3.01. The number of aliphatic hydroxyl groups is 1. The van der Waals surface area contributed by atoms with Crippen LogP contribution in [0.1, 0.15) is 12.0 Å². The fourth-order valence-electron chi connectivity index (χ4n) is 2.36. The van der Waals surface area contributed by atoms with Gasteiger partial charge in [0.1, 0.15) is 11.6 Å². The van der Waals surface area contributed by atoms with Gasteiger partial charge in [-0.15, -0.1) is 0 Å². The maximum Gasteiger partial charge on any atom is 0.222 e. The fraction of sp³-hybridized carbons (Fsp3) is 0.267. The third-order valence-corrected chi connectivity index (χ3v) is 3.42. The first-order chi connectivity index (χ1) is 10.7. The van der Waals surface area contributed by atoms with Gasteiger partial charge in [0.2, 0.25) is 5.95 Å². The van der Waals surface area contributed by atoms with Crippen LogP contribution in [0.2, 0.25) is 0 Å². The average molecular weight is 301 g/mol. The van der Waals surface area contributed by atoms with Gasteiger partial charge in [-0.3, -0.25) is 4.99 Å². The van der Waals surface area contributed by atoms with E-state index >= 15 is 0 Å². The van der Waals surface area contributed by atoms with E-state index < -0.39 is 0 Å². The van der Waals surface area contributed by atoms with Crippen molar-refractivity contribution < 1.29 is 9.50 Å². The number of nitrogens with one attached hydrogen (secondary N) is 1. The first-order valence-corrected chi connectivity index (χ1v) is 7.00. The Labute approximate surface area is 126 Å². The van der Waals surface area contributed by atoms with Gasteiger partial charge in [-0.1, -0.05) is 0 Å². The summed E-state index contributed by atoms with van der Waals surface area (Å²) in [4.78, 5) is 12.4. The zero-order chi connectivity index (χ0) is 15.5. The Morgan fingerprint density at radius 2 is 2.18 bits per heavy atom. The van der Waals surface area contributed by atoms with Crippen LogP contribution in [-0.4, -0.2) is 41.0 Å². The number of nitrogens with two attached hydrogens (primary N) is 1. The molecule has 6 nitrogen and oxygen atoms in total. The molecule has 2 aromatic rings. The third-order valence-electron chi connectivity index (χ3n) is 3.42. The summed E-state index contributed by atoms with van der Waals surface area (Å²) in [6.07, 6.45) is 4.01. The molecular weight excluding hydrogens is 285 g/mol. The van der Waals surface area contributed by atoms with Crippen LogP contribution in [0.25, 0.3) is 16.5 Å². The summed E-state index contributed by atoms with van der Waals surface area (Å²) in [5.41, 5.74) is 7.59.